The summed E-state index contributed by atoms with van der Waals surface area (Å²) in [4.78, 5) is 51.1. The molecule has 9 heteroatoms. The van der Waals surface area contributed by atoms with E-state index < -0.39 is 17.7 Å². The summed E-state index contributed by atoms with van der Waals surface area (Å²) in [6.07, 6.45) is 2.67. The van der Waals surface area contributed by atoms with Crippen molar-refractivity contribution in [3.63, 3.8) is 0 Å². The van der Waals surface area contributed by atoms with Crippen LogP contribution in [0.4, 0.5) is 5.69 Å². The molecular weight excluding hydrogens is 548 g/mol. The van der Waals surface area contributed by atoms with Gasteiger partial charge in [-0.25, -0.2) is 4.79 Å². The predicted molar refractivity (Wildman–Crippen MR) is 164 cm³/mol. The van der Waals surface area contributed by atoms with E-state index in [2.05, 4.69) is 22.2 Å². The molecule has 1 N–H and O–H groups in total. The molecule has 0 saturated carbocycles. The maximum atomic E-state index is 13.3. The molecule has 0 aliphatic heterocycles. The van der Waals surface area contributed by atoms with Crippen molar-refractivity contribution in [1.82, 2.24) is 4.57 Å². The number of ether oxygens (including phenoxy) is 3. The van der Waals surface area contributed by atoms with E-state index in [0.29, 0.717) is 34.5 Å². The summed E-state index contributed by atoms with van der Waals surface area (Å²) in [6, 6.07) is 22.3. The first-order valence-electron chi connectivity index (χ1n) is 14.3. The molecule has 9 nitrogen and oxygen atoms in total. The van der Waals surface area contributed by atoms with E-state index >= 15 is 0 Å². The zero-order valence-electron chi connectivity index (χ0n) is 24.7. The number of hydrogen-bond acceptors (Lipinski definition) is 7. The number of nitrogens with zero attached hydrogens (tertiary/aromatic N) is 1. The van der Waals surface area contributed by atoms with Crippen LogP contribution in [0.1, 0.15) is 69.4 Å². The van der Waals surface area contributed by atoms with Crippen molar-refractivity contribution in [3.05, 3.63) is 95.2 Å². The van der Waals surface area contributed by atoms with Gasteiger partial charge in [0.15, 0.2) is 5.78 Å². The lowest BCUT2D eigenvalue weighted by molar-refractivity contribution is -0.140. The normalized spacial score (nSPS) is 10.8. The Morgan fingerprint density at radius 1 is 0.860 bits per heavy atom. The molecule has 0 bridgehead atoms. The Hall–Kier alpha value is -4.92. The number of hydrogen-bond donors (Lipinski definition) is 1. The molecule has 0 unspecified atom stereocenters. The maximum Gasteiger partial charge on any atom is 0.355 e. The van der Waals surface area contributed by atoms with Crippen LogP contribution in [0.2, 0.25) is 0 Å². The zero-order chi connectivity index (χ0) is 30.8. The number of carbonyl (C=O) groups is 4. The van der Waals surface area contributed by atoms with Crippen molar-refractivity contribution < 1.29 is 33.4 Å². The summed E-state index contributed by atoms with van der Waals surface area (Å²) in [5.41, 5.74) is 2.82. The average Bonchev–Trinajstić information content (AvgIpc) is 3.33. The Labute approximate surface area is 250 Å². The highest BCUT2D eigenvalue weighted by atomic mass is 16.5. The molecule has 4 aromatic rings. The number of unbranched alkanes of at least 4 members (excludes halogenated alkanes) is 1. The van der Waals surface area contributed by atoms with Gasteiger partial charge in [0.25, 0.3) is 5.91 Å². The first-order valence-corrected chi connectivity index (χ1v) is 14.3. The third-order valence-electron chi connectivity index (χ3n) is 7.08. The van der Waals surface area contributed by atoms with Crippen molar-refractivity contribution in [2.45, 2.75) is 39.0 Å². The van der Waals surface area contributed by atoms with Crippen LogP contribution in [-0.2, 0) is 27.7 Å². The third-order valence-corrected chi connectivity index (χ3v) is 7.08. The monoisotopic (exact) mass is 584 g/mol. The third kappa shape index (κ3) is 7.68. The zero-order valence-corrected chi connectivity index (χ0v) is 24.7. The number of ketones is 1. The average molecular weight is 585 g/mol. The van der Waals surface area contributed by atoms with Gasteiger partial charge in [-0.1, -0.05) is 42.5 Å². The highest BCUT2D eigenvalue weighted by Crippen LogP contribution is 2.33. The molecule has 224 valence electrons. The Bertz CT molecular complexity index is 1590. The second-order valence-electron chi connectivity index (χ2n) is 9.97. The standard InChI is InChI=1S/C34H36N2O7/c1-4-42-34(40)32-30(28(37)20-21-29(38)41-3)26-14-10-15-27(31(26)36(32)2)35-33(39)24-16-18-25(19-17-24)43-22-9-8-13-23-11-6-5-7-12-23/h5-7,10-12,14-19H,4,8-9,13,20-22H2,1-3H3,(H,35,39). The number of benzene rings is 3. The number of esters is 2. The largest absolute Gasteiger partial charge is 0.494 e. The number of aromatic nitrogens is 1. The second kappa shape index (κ2) is 14.8. The lowest BCUT2D eigenvalue weighted by atomic mass is 10.0. The van der Waals surface area contributed by atoms with Crippen LogP contribution in [0, 0.1) is 0 Å². The number of para-hydroxylation sites is 1. The molecule has 4 rings (SSSR count). The fraction of sp³-hybridized carbons (Fsp3) is 0.294. The maximum absolute atomic E-state index is 13.3. The summed E-state index contributed by atoms with van der Waals surface area (Å²) in [5, 5.41) is 3.38. The lowest BCUT2D eigenvalue weighted by Gasteiger charge is -2.10. The van der Waals surface area contributed by atoms with E-state index in [-0.39, 0.29) is 36.6 Å². The molecule has 0 aliphatic rings. The summed E-state index contributed by atoms with van der Waals surface area (Å²) >= 11 is 0. The van der Waals surface area contributed by atoms with E-state index in [4.69, 9.17) is 9.47 Å². The smallest absolute Gasteiger partial charge is 0.355 e. The van der Waals surface area contributed by atoms with Gasteiger partial charge in [0.1, 0.15) is 11.4 Å². The Morgan fingerprint density at radius 3 is 2.30 bits per heavy atom. The highest BCUT2D eigenvalue weighted by Gasteiger charge is 2.28. The van der Waals surface area contributed by atoms with Gasteiger partial charge >= 0.3 is 11.9 Å². The van der Waals surface area contributed by atoms with Crippen LogP contribution in [0.3, 0.4) is 0 Å². The van der Waals surface area contributed by atoms with E-state index in [0.717, 1.165) is 19.3 Å². The molecule has 0 saturated heterocycles. The molecule has 0 atom stereocenters. The molecule has 0 spiro atoms. The quantitative estimate of drug-likeness (QED) is 0.108. The summed E-state index contributed by atoms with van der Waals surface area (Å²) in [6.45, 7) is 2.37. The minimum Gasteiger partial charge on any atom is -0.494 e. The molecule has 3 aromatic carbocycles. The first-order chi connectivity index (χ1) is 20.8. The van der Waals surface area contributed by atoms with Gasteiger partial charge in [0.2, 0.25) is 0 Å². The van der Waals surface area contributed by atoms with Crippen LogP contribution >= 0.6 is 0 Å². The predicted octanol–water partition coefficient (Wildman–Crippen LogP) is 6.14. The van der Waals surface area contributed by atoms with E-state index in [1.165, 1.54) is 12.7 Å². The van der Waals surface area contributed by atoms with Crippen LogP contribution in [0.5, 0.6) is 5.75 Å². The number of anilines is 1. The number of nitrogens with one attached hydrogen (secondary N) is 1. The van der Waals surface area contributed by atoms with Crippen LogP contribution in [0.15, 0.2) is 72.8 Å². The number of carbonyl (C=O) groups excluding carboxylic acids is 4. The first kappa shape index (κ1) is 31.0. The van der Waals surface area contributed by atoms with Gasteiger partial charge < -0.3 is 24.1 Å². The van der Waals surface area contributed by atoms with E-state index in [9.17, 15) is 19.2 Å². The van der Waals surface area contributed by atoms with Gasteiger partial charge in [-0.15, -0.1) is 0 Å². The van der Waals surface area contributed by atoms with Crippen molar-refractivity contribution in [2.75, 3.05) is 25.6 Å². The van der Waals surface area contributed by atoms with Crippen molar-refractivity contribution in [3.8, 4) is 5.75 Å². The summed E-state index contributed by atoms with van der Waals surface area (Å²) < 4.78 is 17.3. The number of Topliss-reactive ketones (excluding diaryl/α,β-unsaturated/α-hetero) is 1. The molecule has 0 aliphatic carbocycles. The number of fused-ring (bicyclic) bond motifs is 1. The molecule has 0 fully saturated rings. The van der Waals surface area contributed by atoms with Crippen LogP contribution in [-0.4, -0.2) is 48.5 Å². The SMILES string of the molecule is CCOC(=O)c1c(C(=O)CCC(=O)OC)c2cccc(NC(=O)c3ccc(OCCCCc4ccccc4)cc3)c2n1C. The lowest BCUT2D eigenvalue weighted by Crippen LogP contribution is -2.16. The molecule has 43 heavy (non-hydrogen) atoms. The van der Waals surface area contributed by atoms with E-state index in [1.807, 2.05) is 18.2 Å². The molecular formula is C34H36N2O7. The number of amides is 1. The van der Waals surface area contributed by atoms with Gasteiger partial charge in [0.05, 0.1) is 43.5 Å². The summed E-state index contributed by atoms with van der Waals surface area (Å²) in [7, 11) is 2.88. The van der Waals surface area contributed by atoms with Gasteiger partial charge in [-0.2, -0.15) is 0 Å². The topological polar surface area (TPSA) is 113 Å². The fourth-order valence-electron chi connectivity index (χ4n) is 4.94. The van der Waals surface area contributed by atoms with Crippen molar-refractivity contribution >= 4 is 40.2 Å². The second-order valence-corrected chi connectivity index (χ2v) is 9.97. The van der Waals surface area contributed by atoms with Crippen molar-refractivity contribution in [2.24, 2.45) is 7.05 Å². The fourth-order valence-corrected chi connectivity index (χ4v) is 4.94. The Kier molecular flexibility index (Phi) is 10.7. The minimum atomic E-state index is -0.671. The van der Waals surface area contributed by atoms with Gasteiger partial charge in [-0.05, 0) is 62.1 Å². The molecule has 1 amide bonds. The summed E-state index contributed by atoms with van der Waals surface area (Å²) in [5.74, 6) is -1.29. The number of rotatable bonds is 14. The number of methoxy groups -OCH3 is 1. The van der Waals surface area contributed by atoms with Crippen LogP contribution < -0.4 is 10.1 Å². The van der Waals surface area contributed by atoms with Gasteiger partial charge in [-0.3, -0.25) is 14.4 Å². The van der Waals surface area contributed by atoms with Gasteiger partial charge in [0, 0.05) is 24.4 Å². The minimum absolute atomic E-state index is 0.0543. The number of aryl methyl sites for hydroxylation is 2. The van der Waals surface area contributed by atoms with E-state index in [1.54, 1.807) is 61.0 Å². The molecule has 1 heterocycles. The molecule has 0 radical (unpaired) electrons. The van der Waals surface area contributed by atoms with Crippen molar-refractivity contribution in [1.29, 1.82) is 0 Å². The Balaban J connectivity index is 1.48. The Morgan fingerprint density at radius 2 is 1.60 bits per heavy atom. The highest BCUT2D eigenvalue weighted by molar-refractivity contribution is 6.19. The van der Waals surface area contributed by atoms with Crippen LogP contribution in [0.25, 0.3) is 10.9 Å². The molecule has 1 aromatic heterocycles.